The highest BCUT2D eigenvalue weighted by Crippen LogP contribution is 2.45. The maximum absolute atomic E-state index is 13.6. The van der Waals surface area contributed by atoms with E-state index in [-0.39, 0.29) is 47.7 Å². The predicted octanol–water partition coefficient (Wildman–Crippen LogP) is 20.0. The van der Waals surface area contributed by atoms with E-state index in [1.165, 1.54) is 45.4 Å². The van der Waals surface area contributed by atoms with Gasteiger partial charge in [0.1, 0.15) is 34.7 Å². The van der Waals surface area contributed by atoms with Gasteiger partial charge in [0, 0.05) is 199 Å². The maximum Gasteiger partial charge on any atom is 0.272 e. The van der Waals surface area contributed by atoms with Crippen LogP contribution < -0.4 is 0 Å². The zero-order valence-corrected chi connectivity index (χ0v) is 93.7. The number of morpholine rings is 1. The molecule has 138 heavy (non-hydrogen) atoms. The van der Waals surface area contributed by atoms with Crippen LogP contribution in [0.15, 0.2) is 0 Å². The molecule has 0 radical (unpaired) electrons. The first-order valence-corrected chi connectivity index (χ1v) is 57.0. The Labute approximate surface area is 843 Å². The highest BCUT2D eigenvalue weighted by molar-refractivity contribution is 5.88. The summed E-state index contributed by atoms with van der Waals surface area (Å²) in [7, 11) is 0. The topological polar surface area (TPSA) is 154 Å². The predicted molar refractivity (Wildman–Crippen MR) is 565 cm³/mol. The molecule has 0 bridgehead atoms. The van der Waals surface area contributed by atoms with Gasteiger partial charge in [-0.15, -0.1) is 0 Å². The number of halogens is 4. The standard InChI is InChI=1S/C21H41N3O.C19H34F2N2O.C19H36N2O2.C19H36N2O.C18H32F2N2O.C18H34N2O/c1-6-22-13-15-23(16-14-22)17-21(20(25)8-7-18(2)3)9-11-24(12-10-21)19(4)5;1-15(2)5-6-17(24)18(7-11-23(12-8-18)16(3)4)13-22-10-9-19(20,21)14-22;1-16(2)5-6-18(22)19(15-20-11-13-23-14-12-20)7-9-21(10-8-19)17(3)4;1-16(2)7-8-18(22)19(15-20-11-5-6-12-20)9-13-21(14-10-19)17(3)4;1-14(2)5-6-16(23)17(11-21-12-18(19,20)13-21)7-9-22(10-8-17)15(3)4;1-15(2)6-7-17(21)18(14-19-10-5-11-19)8-12-20(13-9-18)16(3)4/h18-19H,6-17H2,1-5H3;15-16H,5-14H2,1-4H3;16-17H,5-15H2,1-4H3;16-17H,5-15H2,1-4H3;14-15H,5-13H2,1-4H3;15-16H,5-14H2,1-4H3. The summed E-state index contributed by atoms with van der Waals surface area (Å²) >= 11 is 0. The minimum Gasteiger partial charge on any atom is -0.379 e. The van der Waals surface area contributed by atoms with Crippen LogP contribution >= 0.6 is 0 Å². The lowest BCUT2D eigenvalue weighted by Crippen LogP contribution is -2.61. The van der Waals surface area contributed by atoms with Gasteiger partial charge in [0.25, 0.3) is 11.8 Å². The van der Waals surface area contributed by atoms with E-state index in [1.807, 2.05) is 4.90 Å². The molecule has 24 heteroatoms. The van der Waals surface area contributed by atoms with Gasteiger partial charge < -0.3 is 48.8 Å². The molecule has 12 heterocycles. The number of likely N-dealkylation sites (tertiary alicyclic amines) is 10. The van der Waals surface area contributed by atoms with E-state index >= 15 is 0 Å². The first-order valence-electron chi connectivity index (χ1n) is 57.0. The molecule has 804 valence electrons. The van der Waals surface area contributed by atoms with E-state index in [0.717, 1.165) is 305 Å². The van der Waals surface area contributed by atoms with Crippen LogP contribution in [0.1, 0.15) is 353 Å². The Morgan fingerprint density at radius 1 is 0.225 bits per heavy atom. The van der Waals surface area contributed by atoms with Crippen LogP contribution in [0.4, 0.5) is 17.6 Å². The highest BCUT2D eigenvalue weighted by Gasteiger charge is 2.53. The SMILES string of the molecule is CC(C)CCC(=O)C1(CN2CC(F)(F)C2)CCN(C(C)C)CC1.CC(C)CCC(=O)C1(CN2CCC(F)(F)C2)CCN(C(C)C)CC1.CC(C)CCC(=O)C1(CN2CCC2)CCN(C(C)C)CC1.CC(C)CCC(=O)C1(CN2CCCC2)CCN(C(C)C)CC1.CC(C)CCC(=O)C1(CN2CCOCC2)CCN(C(C)C)CC1.CCN1CCN(CC2(C(=O)CCC(C)C)CCN(C(C)C)CC2)CC1. The van der Waals surface area contributed by atoms with Crippen molar-refractivity contribution in [2.24, 2.45) is 68.0 Å². The van der Waals surface area contributed by atoms with Crippen molar-refractivity contribution in [1.29, 1.82) is 0 Å². The molecule has 0 amide bonds. The third-order valence-corrected chi connectivity index (χ3v) is 34.6. The number of piperidine rings is 6. The molecular weight excluding hydrogens is 1740 g/mol. The number of nitrogens with zero attached hydrogens (tertiary/aromatic N) is 13. The Bertz CT molecular complexity index is 3460. The van der Waals surface area contributed by atoms with Crippen LogP contribution in [-0.4, -0.2) is 376 Å². The van der Waals surface area contributed by atoms with E-state index in [2.05, 4.69) is 227 Å². The van der Waals surface area contributed by atoms with Crippen LogP contribution in [0.2, 0.25) is 0 Å². The molecule has 20 nitrogen and oxygen atoms in total. The summed E-state index contributed by atoms with van der Waals surface area (Å²) < 4.78 is 58.9. The molecule has 12 rings (SSSR count). The minimum absolute atomic E-state index is 0.0410. The molecule has 0 aliphatic carbocycles. The zero-order chi connectivity index (χ0) is 102. The molecular formula is C114H213F4N13O7. The van der Waals surface area contributed by atoms with Crippen molar-refractivity contribution in [3.63, 3.8) is 0 Å². The molecule has 0 aromatic carbocycles. The number of hydrogen-bond acceptors (Lipinski definition) is 20. The molecule has 0 unspecified atom stereocenters. The fraction of sp³-hybridized carbons (Fsp3) is 0.947. The summed E-state index contributed by atoms with van der Waals surface area (Å²) in [6, 6.07) is 3.35. The number of Topliss-reactive ketones (excluding diaryl/α,β-unsaturated/α-hetero) is 6. The van der Waals surface area contributed by atoms with Gasteiger partial charge in [0.05, 0.1) is 32.8 Å². The third kappa shape index (κ3) is 39.3. The average Bonchev–Trinajstić information content (AvgIpc) is 1.21. The Morgan fingerprint density at radius 3 is 0.609 bits per heavy atom. The van der Waals surface area contributed by atoms with Gasteiger partial charge in [0.15, 0.2) is 0 Å². The van der Waals surface area contributed by atoms with Gasteiger partial charge in [-0.2, -0.15) is 0 Å². The molecule has 0 spiro atoms. The average molecular weight is 1950 g/mol. The smallest absolute Gasteiger partial charge is 0.272 e. The number of piperazine rings is 1. The van der Waals surface area contributed by atoms with Gasteiger partial charge in [-0.05, 0) is 365 Å². The Hall–Kier alpha value is -2.82. The Morgan fingerprint density at radius 2 is 0.420 bits per heavy atom. The fourth-order valence-electron chi connectivity index (χ4n) is 23.8. The van der Waals surface area contributed by atoms with E-state index in [1.54, 1.807) is 4.90 Å². The first kappa shape index (κ1) is 122. The second kappa shape index (κ2) is 58.2. The number of carbonyl (C=O) groups is 6. The number of likely N-dealkylation sites (N-methyl/N-ethyl adjacent to an activating group) is 1. The van der Waals surface area contributed by atoms with Crippen LogP contribution in [0.3, 0.4) is 0 Å². The van der Waals surface area contributed by atoms with Crippen molar-refractivity contribution in [2.75, 3.05) is 229 Å². The van der Waals surface area contributed by atoms with Crippen molar-refractivity contribution in [3.8, 4) is 0 Å². The minimum atomic E-state index is -2.58. The lowest BCUT2D eigenvalue weighted by Gasteiger charge is -2.48. The summed E-state index contributed by atoms with van der Waals surface area (Å²) in [4.78, 5) is 109. The second-order valence-electron chi connectivity index (χ2n) is 50.1. The van der Waals surface area contributed by atoms with E-state index in [4.69, 9.17) is 4.74 Å². The molecule has 12 aliphatic rings. The van der Waals surface area contributed by atoms with Crippen LogP contribution in [0.5, 0.6) is 0 Å². The maximum atomic E-state index is 13.6. The van der Waals surface area contributed by atoms with Crippen molar-refractivity contribution in [3.05, 3.63) is 0 Å². The van der Waals surface area contributed by atoms with Crippen molar-refractivity contribution in [2.45, 2.75) is 401 Å². The van der Waals surface area contributed by atoms with Crippen LogP contribution in [-0.2, 0) is 33.5 Å². The van der Waals surface area contributed by atoms with Crippen molar-refractivity contribution >= 4 is 34.7 Å². The van der Waals surface area contributed by atoms with E-state index in [9.17, 15) is 46.3 Å². The molecule has 0 saturated carbocycles. The summed E-state index contributed by atoms with van der Waals surface area (Å²) in [5.74, 6) is 1.10. The quantitative estimate of drug-likeness (QED) is 0.0531. The van der Waals surface area contributed by atoms with Gasteiger partial charge in [-0.3, -0.25) is 48.4 Å². The summed E-state index contributed by atoms with van der Waals surface area (Å²) in [5.41, 5.74) is -1.12. The molecule has 0 atom stereocenters. The Balaban J connectivity index is 0.000000226. The van der Waals surface area contributed by atoms with E-state index in [0.29, 0.717) is 139 Å². The van der Waals surface area contributed by atoms with Gasteiger partial charge in [-0.1, -0.05) is 90.0 Å². The van der Waals surface area contributed by atoms with Gasteiger partial charge >= 0.3 is 0 Å². The van der Waals surface area contributed by atoms with Gasteiger partial charge in [-0.25, -0.2) is 17.6 Å². The highest BCUT2D eigenvalue weighted by atomic mass is 19.3. The van der Waals surface area contributed by atoms with Crippen LogP contribution in [0, 0.1) is 68.0 Å². The lowest BCUT2D eigenvalue weighted by atomic mass is 9.72. The third-order valence-electron chi connectivity index (χ3n) is 34.6. The molecule has 0 N–H and O–H groups in total. The monoisotopic (exact) mass is 1950 g/mol. The summed E-state index contributed by atoms with van der Waals surface area (Å²) in [6.07, 6.45) is 25.8. The molecule has 0 aromatic heterocycles. The summed E-state index contributed by atoms with van der Waals surface area (Å²) in [5, 5.41) is 0. The van der Waals surface area contributed by atoms with Crippen molar-refractivity contribution < 1.29 is 51.1 Å². The fourth-order valence-corrected chi connectivity index (χ4v) is 23.8. The number of alkyl halides is 4. The molecule has 12 aliphatic heterocycles. The van der Waals surface area contributed by atoms with Gasteiger partial charge in [0.2, 0.25) is 0 Å². The number of hydrogen-bond donors (Lipinski definition) is 0. The number of ether oxygens (including phenoxy) is 1. The van der Waals surface area contributed by atoms with E-state index < -0.39 is 22.7 Å². The summed E-state index contributed by atoms with van der Waals surface area (Å²) in [6.45, 7) is 86.6. The molecule has 12 fully saturated rings. The zero-order valence-electron chi connectivity index (χ0n) is 93.7. The molecule has 12 saturated heterocycles. The number of rotatable bonds is 43. The number of ketones is 6. The van der Waals surface area contributed by atoms with Crippen LogP contribution in [0.25, 0.3) is 0 Å². The lowest BCUT2D eigenvalue weighted by molar-refractivity contribution is -0.155. The largest absolute Gasteiger partial charge is 0.379 e. The second-order valence-corrected chi connectivity index (χ2v) is 50.1. The normalized spacial score (nSPS) is 24.0. The molecule has 0 aromatic rings. The van der Waals surface area contributed by atoms with Crippen molar-refractivity contribution in [1.82, 2.24) is 63.7 Å². The first-order chi connectivity index (χ1) is 64.9. The Kier molecular flexibility index (Phi) is 51.5. The number of carbonyl (C=O) groups excluding carboxylic acids is 6.